The quantitative estimate of drug-likeness (QED) is 0.239. The number of aliphatic imine (C=N–C) groups is 1. The van der Waals surface area contributed by atoms with Crippen LogP contribution in [-0.2, 0) is 18.9 Å². The Balaban J connectivity index is 1.35. The number of hydrogen-bond donors (Lipinski definition) is 2. The van der Waals surface area contributed by atoms with Crippen molar-refractivity contribution in [2.45, 2.75) is 179 Å². The highest BCUT2D eigenvalue weighted by atomic mass is 16.8. The van der Waals surface area contributed by atoms with Gasteiger partial charge >= 0.3 is 0 Å². The first-order valence-electron chi connectivity index (χ1n) is 15.3. The molecule has 1 unspecified atom stereocenters. The van der Waals surface area contributed by atoms with E-state index in [2.05, 4.69) is 6.92 Å². The molecule has 0 bridgehead atoms. The molecule has 37 heavy (non-hydrogen) atoms. The summed E-state index contributed by atoms with van der Waals surface area (Å²) in [5.74, 6) is -1.28. The molecule has 0 aromatic rings. The number of ether oxygens (including phenoxy) is 4. The predicted molar refractivity (Wildman–Crippen MR) is 149 cm³/mol. The molecule has 0 aromatic heterocycles. The van der Waals surface area contributed by atoms with E-state index in [9.17, 15) is 5.11 Å². The summed E-state index contributed by atoms with van der Waals surface area (Å²) in [6, 6.07) is -0.247. The molecule has 1 aliphatic carbocycles. The smallest absolute Gasteiger partial charge is 0.163 e. The van der Waals surface area contributed by atoms with Gasteiger partial charge in [0.15, 0.2) is 11.6 Å². The van der Waals surface area contributed by atoms with Gasteiger partial charge in [0.25, 0.3) is 0 Å². The molecule has 2 saturated heterocycles. The fourth-order valence-corrected chi connectivity index (χ4v) is 6.12. The molecule has 3 N–H and O–H groups in total. The lowest BCUT2D eigenvalue weighted by atomic mass is 9.90. The van der Waals surface area contributed by atoms with E-state index in [1.807, 2.05) is 27.7 Å². The fourth-order valence-electron chi connectivity index (χ4n) is 6.12. The second-order valence-electron chi connectivity index (χ2n) is 12.5. The first kappa shape index (κ1) is 31.0. The lowest BCUT2D eigenvalue weighted by molar-refractivity contribution is -0.153. The zero-order valence-corrected chi connectivity index (χ0v) is 24.4. The zero-order chi connectivity index (χ0) is 26.9. The third-order valence-electron chi connectivity index (χ3n) is 7.99. The van der Waals surface area contributed by atoms with Gasteiger partial charge in [-0.25, -0.2) is 0 Å². The van der Waals surface area contributed by atoms with Crippen LogP contribution in [0.3, 0.4) is 0 Å². The van der Waals surface area contributed by atoms with Crippen molar-refractivity contribution in [1.82, 2.24) is 0 Å². The molecule has 6 atom stereocenters. The van der Waals surface area contributed by atoms with E-state index in [4.69, 9.17) is 29.7 Å². The summed E-state index contributed by atoms with van der Waals surface area (Å²) in [6.45, 7) is 10.5. The molecular formula is C30H56N2O5. The highest BCUT2D eigenvalue weighted by Gasteiger charge is 2.48. The van der Waals surface area contributed by atoms with Gasteiger partial charge < -0.3 is 29.8 Å². The summed E-state index contributed by atoms with van der Waals surface area (Å²) in [5, 5.41) is 10.5. The molecule has 0 radical (unpaired) electrons. The summed E-state index contributed by atoms with van der Waals surface area (Å²) in [4.78, 5) is 4.79. The van der Waals surface area contributed by atoms with E-state index in [0.29, 0.717) is 19.4 Å². The fraction of sp³-hybridized carbons (Fsp3) is 0.967. The van der Waals surface area contributed by atoms with Crippen molar-refractivity contribution in [3.05, 3.63) is 0 Å². The van der Waals surface area contributed by atoms with Gasteiger partial charge in [-0.05, 0) is 34.1 Å². The number of unbranched alkanes of at least 4 members (excludes halogenated alkanes) is 11. The van der Waals surface area contributed by atoms with E-state index in [1.54, 1.807) is 0 Å². The molecule has 0 amide bonds. The van der Waals surface area contributed by atoms with Crippen molar-refractivity contribution in [2.24, 2.45) is 10.7 Å². The summed E-state index contributed by atoms with van der Waals surface area (Å²) in [6.07, 6.45) is 17.0. The third-order valence-corrected chi connectivity index (χ3v) is 7.99. The van der Waals surface area contributed by atoms with Gasteiger partial charge in [0, 0.05) is 18.6 Å². The average Bonchev–Trinajstić information content (AvgIpc) is 3.32. The van der Waals surface area contributed by atoms with Crippen molar-refractivity contribution in [1.29, 1.82) is 0 Å². The third kappa shape index (κ3) is 10.2. The summed E-state index contributed by atoms with van der Waals surface area (Å²) < 4.78 is 24.3. The van der Waals surface area contributed by atoms with Crippen molar-refractivity contribution < 1.29 is 24.1 Å². The maximum atomic E-state index is 10.5. The van der Waals surface area contributed by atoms with E-state index in [-0.39, 0.29) is 30.5 Å². The molecule has 3 aliphatic rings. The Morgan fingerprint density at radius 3 is 2.00 bits per heavy atom. The van der Waals surface area contributed by atoms with E-state index >= 15 is 0 Å². The van der Waals surface area contributed by atoms with E-state index in [1.165, 1.54) is 70.6 Å². The number of nitrogens with two attached hydrogens (primary N) is 1. The zero-order valence-electron chi connectivity index (χ0n) is 24.4. The Kier molecular flexibility index (Phi) is 12.3. The van der Waals surface area contributed by atoms with Gasteiger partial charge in [0.2, 0.25) is 0 Å². The minimum Gasteiger partial charge on any atom is -0.390 e. The highest BCUT2D eigenvalue weighted by molar-refractivity contribution is 5.86. The molecule has 7 nitrogen and oxygen atoms in total. The average molecular weight is 525 g/mol. The van der Waals surface area contributed by atoms with Gasteiger partial charge in [-0.2, -0.15) is 0 Å². The Bertz CT molecular complexity index is 697. The molecule has 3 rings (SSSR count). The number of aliphatic hydroxyl groups is 1. The predicted octanol–water partition coefficient (Wildman–Crippen LogP) is 6.04. The standard InChI is InChI=1S/C30H56N2O5/c1-6-7-8-9-10-11-12-13-14-15-16-17-18-25-27(36-29(2,3)34-25)23(31)21-32-22-19-24(33)28-26(20-22)35-30(4,5)37-28/h23-28,33H,6-21,31H2,1-5H3/t23?,24-,25+,26-,27-,28-/m0/s1. The van der Waals surface area contributed by atoms with Crippen LogP contribution < -0.4 is 5.73 Å². The Hall–Kier alpha value is -0.570. The molecule has 3 fully saturated rings. The van der Waals surface area contributed by atoms with Crippen LogP contribution in [0.1, 0.15) is 131 Å². The number of aliphatic hydroxyl groups excluding tert-OH is 1. The van der Waals surface area contributed by atoms with Crippen molar-refractivity contribution in [3.63, 3.8) is 0 Å². The van der Waals surface area contributed by atoms with Gasteiger partial charge in [-0.15, -0.1) is 0 Å². The number of hydrogen-bond acceptors (Lipinski definition) is 7. The lowest BCUT2D eigenvalue weighted by Crippen LogP contribution is -2.45. The van der Waals surface area contributed by atoms with Crippen molar-refractivity contribution in [3.8, 4) is 0 Å². The maximum absolute atomic E-state index is 10.5. The highest BCUT2D eigenvalue weighted by Crippen LogP contribution is 2.36. The van der Waals surface area contributed by atoms with Gasteiger partial charge in [0.05, 0.1) is 30.9 Å². The van der Waals surface area contributed by atoms with Gasteiger partial charge in [-0.1, -0.05) is 84.0 Å². The molecule has 0 spiro atoms. The second-order valence-corrected chi connectivity index (χ2v) is 12.5. The second kappa shape index (κ2) is 14.7. The van der Waals surface area contributed by atoms with E-state index < -0.39 is 17.7 Å². The summed E-state index contributed by atoms with van der Waals surface area (Å²) in [7, 11) is 0. The number of nitrogens with zero attached hydrogens (tertiary/aromatic N) is 1. The monoisotopic (exact) mass is 524 g/mol. The van der Waals surface area contributed by atoms with Crippen LogP contribution in [0.4, 0.5) is 0 Å². The van der Waals surface area contributed by atoms with Crippen LogP contribution in [0.15, 0.2) is 4.99 Å². The van der Waals surface area contributed by atoms with Crippen LogP contribution >= 0.6 is 0 Å². The molecule has 0 aromatic carbocycles. The minimum absolute atomic E-state index is 0.00186. The first-order chi connectivity index (χ1) is 17.6. The molecule has 2 heterocycles. The molecular weight excluding hydrogens is 468 g/mol. The molecule has 2 aliphatic heterocycles. The summed E-state index contributed by atoms with van der Waals surface area (Å²) in [5.41, 5.74) is 7.54. The minimum atomic E-state index is -0.663. The Morgan fingerprint density at radius 1 is 0.811 bits per heavy atom. The first-order valence-corrected chi connectivity index (χ1v) is 15.3. The van der Waals surface area contributed by atoms with Crippen LogP contribution in [0, 0.1) is 0 Å². The van der Waals surface area contributed by atoms with Crippen LogP contribution in [-0.4, -0.2) is 65.5 Å². The Labute approximate surface area is 226 Å². The topological polar surface area (TPSA) is 95.5 Å². The molecule has 1 saturated carbocycles. The van der Waals surface area contributed by atoms with Crippen LogP contribution in [0.25, 0.3) is 0 Å². The van der Waals surface area contributed by atoms with Gasteiger partial charge in [0.1, 0.15) is 12.2 Å². The lowest BCUT2D eigenvalue weighted by Gasteiger charge is -2.29. The number of fused-ring (bicyclic) bond motifs is 1. The van der Waals surface area contributed by atoms with E-state index in [0.717, 1.165) is 18.6 Å². The van der Waals surface area contributed by atoms with Crippen molar-refractivity contribution >= 4 is 5.71 Å². The van der Waals surface area contributed by atoms with Crippen molar-refractivity contribution in [2.75, 3.05) is 6.54 Å². The molecule has 7 heteroatoms. The largest absolute Gasteiger partial charge is 0.390 e. The molecule has 216 valence electrons. The summed E-state index contributed by atoms with van der Waals surface area (Å²) >= 11 is 0. The maximum Gasteiger partial charge on any atom is 0.163 e. The SMILES string of the molecule is CCCCCCCCCCCCCC[C@H]1OC(C)(C)O[C@H]1C(N)CN=C1C[C@@H]2OC(C)(C)O[C@H]2[C@@H](O)C1. The van der Waals surface area contributed by atoms with Crippen LogP contribution in [0.2, 0.25) is 0 Å². The normalized spacial score (nSPS) is 32.6. The number of rotatable bonds is 16. The van der Waals surface area contributed by atoms with Crippen LogP contribution in [0.5, 0.6) is 0 Å². The Morgan fingerprint density at radius 2 is 1.38 bits per heavy atom. The van der Waals surface area contributed by atoms with Gasteiger partial charge in [-0.3, -0.25) is 4.99 Å².